The Morgan fingerprint density at radius 2 is 1.89 bits per heavy atom. The second kappa shape index (κ2) is 11.3. The van der Waals surface area contributed by atoms with Crippen LogP contribution in [-0.2, 0) is 16.1 Å². The van der Waals surface area contributed by atoms with Gasteiger partial charge >= 0.3 is 0 Å². The van der Waals surface area contributed by atoms with Crippen LogP contribution in [-0.4, -0.2) is 35.8 Å². The van der Waals surface area contributed by atoms with Crippen LogP contribution in [0, 0.1) is 17.0 Å². The summed E-state index contributed by atoms with van der Waals surface area (Å²) in [5, 5.41) is 10.8. The standard InChI is InChI=1S/C20H26N2O5/c1-16-13-20(21-14-19(16)22(23)24)27-17(2)9-12-25-10-6-11-26-15-18-7-4-3-5-8-18/h3-5,7-8,13-14,17H,6,9-12,15H2,1-2H3/t17-/m1/s1. The van der Waals surface area contributed by atoms with Gasteiger partial charge in [0.05, 0.1) is 24.2 Å². The van der Waals surface area contributed by atoms with Crippen LogP contribution in [0.3, 0.4) is 0 Å². The van der Waals surface area contributed by atoms with Crippen LogP contribution in [0.4, 0.5) is 5.69 Å². The normalized spacial score (nSPS) is 11.9. The molecule has 27 heavy (non-hydrogen) atoms. The first-order valence-electron chi connectivity index (χ1n) is 9.03. The number of benzene rings is 1. The van der Waals surface area contributed by atoms with Crippen molar-refractivity contribution >= 4 is 5.69 Å². The third-order valence-electron chi connectivity index (χ3n) is 3.93. The van der Waals surface area contributed by atoms with Gasteiger partial charge in [0, 0.05) is 31.3 Å². The van der Waals surface area contributed by atoms with Crippen LogP contribution >= 0.6 is 0 Å². The summed E-state index contributed by atoms with van der Waals surface area (Å²) in [4.78, 5) is 14.3. The molecule has 146 valence electrons. The number of hydrogen-bond donors (Lipinski definition) is 0. The van der Waals surface area contributed by atoms with Crippen LogP contribution in [0.25, 0.3) is 0 Å². The van der Waals surface area contributed by atoms with Gasteiger partial charge in [-0.25, -0.2) is 4.98 Å². The lowest BCUT2D eigenvalue weighted by Gasteiger charge is -2.14. The van der Waals surface area contributed by atoms with E-state index in [0.29, 0.717) is 44.3 Å². The van der Waals surface area contributed by atoms with Crippen molar-refractivity contribution in [3.63, 3.8) is 0 Å². The molecule has 0 aliphatic carbocycles. The number of ether oxygens (including phenoxy) is 3. The highest BCUT2D eigenvalue weighted by Crippen LogP contribution is 2.21. The Morgan fingerprint density at radius 1 is 1.15 bits per heavy atom. The molecule has 0 spiro atoms. The van der Waals surface area contributed by atoms with Gasteiger partial charge in [0.25, 0.3) is 5.69 Å². The summed E-state index contributed by atoms with van der Waals surface area (Å²) in [5.41, 5.74) is 1.69. The molecule has 0 aliphatic rings. The molecule has 0 saturated heterocycles. The predicted molar refractivity (Wildman–Crippen MR) is 102 cm³/mol. The first-order chi connectivity index (χ1) is 13.1. The topological polar surface area (TPSA) is 83.7 Å². The van der Waals surface area contributed by atoms with E-state index in [1.807, 2.05) is 37.3 Å². The van der Waals surface area contributed by atoms with E-state index in [1.165, 1.54) is 11.8 Å². The molecule has 0 amide bonds. The highest BCUT2D eigenvalue weighted by atomic mass is 16.6. The minimum Gasteiger partial charge on any atom is -0.475 e. The number of aryl methyl sites for hydroxylation is 1. The molecule has 2 rings (SSSR count). The maximum absolute atomic E-state index is 10.8. The van der Waals surface area contributed by atoms with E-state index < -0.39 is 4.92 Å². The van der Waals surface area contributed by atoms with E-state index >= 15 is 0 Å². The van der Waals surface area contributed by atoms with E-state index in [-0.39, 0.29) is 11.8 Å². The van der Waals surface area contributed by atoms with Crippen molar-refractivity contribution in [2.24, 2.45) is 0 Å². The fourth-order valence-electron chi connectivity index (χ4n) is 2.42. The SMILES string of the molecule is Cc1cc(O[C@H](C)CCOCCCOCc2ccccc2)ncc1[N+](=O)[O-]. The smallest absolute Gasteiger partial charge is 0.290 e. The molecule has 1 aromatic heterocycles. The minimum absolute atomic E-state index is 0.00665. The first-order valence-corrected chi connectivity index (χ1v) is 9.03. The van der Waals surface area contributed by atoms with Crippen molar-refractivity contribution in [1.82, 2.24) is 4.98 Å². The molecular weight excluding hydrogens is 348 g/mol. The van der Waals surface area contributed by atoms with E-state index in [0.717, 1.165) is 6.42 Å². The first kappa shape index (κ1) is 20.8. The largest absolute Gasteiger partial charge is 0.475 e. The van der Waals surface area contributed by atoms with Gasteiger partial charge in [0.1, 0.15) is 6.20 Å². The van der Waals surface area contributed by atoms with E-state index in [2.05, 4.69) is 4.98 Å². The zero-order valence-electron chi connectivity index (χ0n) is 15.8. The average Bonchev–Trinajstić information content (AvgIpc) is 2.64. The van der Waals surface area contributed by atoms with Gasteiger partial charge in [0.2, 0.25) is 5.88 Å². The third-order valence-corrected chi connectivity index (χ3v) is 3.93. The number of hydrogen-bond acceptors (Lipinski definition) is 6. The molecule has 0 bridgehead atoms. The summed E-state index contributed by atoms with van der Waals surface area (Å²) < 4.78 is 16.9. The van der Waals surface area contributed by atoms with Gasteiger partial charge in [-0.2, -0.15) is 0 Å². The Balaban J connectivity index is 1.54. The summed E-state index contributed by atoms with van der Waals surface area (Å²) in [6.07, 6.45) is 2.68. The molecule has 0 aliphatic heterocycles. The number of rotatable bonds is 12. The minimum atomic E-state index is -0.451. The van der Waals surface area contributed by atoms with Crippen molar-refractivity contribution < 1.29 is 19.1 Å². The number of aromatic nitrogens is 1. The van der Waals surface area contributed by atoms with Crippen molar-refractivity contribution in [2.45, 2.75) is 39.4 Å². The fourth-order valence-corrected chi connectivity index (χ4v) is 2.42. The van der Waals surface area contributed by atoms with Crippen LogP contribution in [0.15, 0.2) is 42.6 Å². The highest BCUT2D eigenvalue weighted by Gasteiger charge is 2.13. The van der Waals surface area contributed by atoms with Gasteiger partial charge in [-0.1, -0.05) is 30.3 Å². The lowest BCUT2D eigenvalue weighted by molar-refractivity contribution is -0.385. The monoisotopic (exact) mass is 374 g/mol. The van der Waals surface area contributed by atoms with Gasteiger partial charge < -0.3 is 14.2 Å². The average molecular weight is 374 g/mol. The lowest BCUT2D eigenvalue weighted by Crippen LogP contribution is -2.16. The Kier molecular flexibility index (Phi) is 8.67. The summed E-state index contributed by atoms with van der Waals surface area (Å²) in [7, 11) is 0. The Morgan fingerprint density at radius 3 is 2.59 bits per heavy atom. The molecule has 0 N–H and O–H groups in total. The second-order valence-corrected chi connectivity index (χ2v) is 6.29. The number of pyridine rings is 1. The molecule has 0 radical (unpaired) electrons. The van der Waals surface area contributed by atoms with Gasteiger partial charge in [0.15, 0.2) is 0 Å². The van der Waals surface area contributed by atoms with E-state index in [4.69, 9.17) is 14.2 Å². The molecular formula is C20H26N2O5. The molecule has 0 fully saturated rings. The lowest BCUT2D eigenvalue weighted by atomic mass is 10.2. The van der Waals surface area contributed by atoms with Crippen LogP contribution in [0.5, 0.6) is 5.88 Å². The Hall–Kier alpha value is -2.51. The maximum Gasteiger partial charge on any atom is 0.290 e. The molecule has 7 heteroatoms. The van der Waals surface area contributed by atoms with Gasteiger partial charge in [-0.05, 0) is 25.8 Å². The molecule has 0 unspecified atom stereocenters. The molecule has 7 nitrogen and oxygen atoms in total. The van der Waals surface area contributed by atoms with Crippen LogP contribution in [0.1, 0.15) is 30.9 Å². The second-order valence-electron chi connectivity index (χ2n) is 6.29. The molecule has 1 atom stereocenters. The quantitative estimate of drug-likeness (QED) is 0.316. The molecule has 1 aromatic carbocycles. The third kappa shape index (κ3) is 7.72. The number of nitro groups is 1. The van der Waals surface area contributed by atoms with Gasteiger partial charge in [-0.15, -0.1) is 0 Å². The fraction of sp³-hybridized carbons (Fsp3) is 0.450. The Labute approximate surface area is 159 Å². The Bertz CT molecular complexity index is 709. The van der Waals surface area contributed by atoms with Crippen molar-refractivity contribution in [3.8, 4) is 5.88 Å². The zero-order chi connectivity index (χ0) is 19.5. The van der Waals surface area contributed by atoms with Gasteiger partial charge in [-0.3, -0.25) is 10.1 Å². The summed E-state index contributed by atoms with van der Waals surface area (Å²) in [6, 6.07) is 11.6. The number of nitrogens with zero attached hydrogens (tertiary/aromatic N) is 2. The van der Waals surface area contributed by atoms with Crippen molar-refractivity contribution in [3.05, 3.63) is 63.8 Å². The predicted octanol–water partition coefficient (Wildman–Crippen LogP) is 4.08. The summed E-state index contributed by atoms with van der Waals surface area (Å²) in [6.45, 7) is 6.08. The molecule has 0 saturated carbocycles. The van der Waals surface area contributed by atoms with Crippen LogP contribution in [0.2, 0.25) is 0 Å². The molecule has 2 aromatic rings. The highest BCUT2D eigenvalue weighted by molar-refractivity contribution is 5.39. The summed E-state index contributed by atoms with van der Waals surface area (Å²) in [5.74, 6) is 0.389. The molecule has 1 heterocycles. The van der Waals surface area contributed by atoms with Crippen molar-refractivity contribution in [2.75, 3.05) is 19.8 Å². The van der Waals surface area contributed by atoms with E-state index in [9.17, 15) is 10.1 Å². The van der Waals surface area contributed by atoms with E-state index in [1.54, 1.807) is 13.0 Å². The zero-order valence-corrected chi connectivity index (χ0v) is 15.8. The van der Waals surface area contributed by atoms with Crippen molar-refractivity contribution in [1.29, 1.82) is 0 Å². The summed E-state index contributed by atoms with van der Waals surface area (Å²) >= 11 is 0. The van der Waals surface area contributed by atoms with Crippen LogP contribution < -0.4 is 4.74 Å². The maximum atomic E-state index is 10.8.